The van der Waals surface area contributed by atoms with Crippen LogP contribution in [0.1, 0.15) is 19.9 Å². The minimum absolute atomic E-state index is 0.152. The topological polar surface area (TPSA) is 39.3 Å². The van der Waals surface area contributed by atoms with Gasteiger partial charge in [0, 0.05) is 12.1 Å². The number of hydrogen-bond acceptors (Lipinski definition) is 2. The van der Waals surface area contributed by atoms with Gasteiger partial charge in [-0.05, 0) is 26.0 Å². The third-order valence-electron chi connectivity index (χ3n) is 2.98. The van der Waals surface area contributed by atoms with Gasteiger partial charge in [0.1, 0.15) is 5.15 Å². The van der Waals surface area contributed by atoms with E-state index in [1.165, 1.54) is 6.07 Å². The van der Waals surface area contributed by atoms with E-state index in [-0.39, 0.29) is 16.8 Å². The number of rotatable bonds is 1. The molecule has 0 bridgehead atoms. The molecule has 0 aliphatic heterocycles. The molecule has 0 atom stereocenters. The van der Waals surface area contributed by atoms with Crippen molar-refractivity contribution in [3.05, 3.63) is 45.8 Å². The summed E-state index contributed by atoms with van der Waals surface area (Å²) >= 11 is 5.89. The Morgan fingerprint density at radius 2 is 1.89 bits per heavy atom. The molecule has 0 fully saturated rings. The Bertz CT molecular complexity index is 801. The molecule has 92 valence electrons. The van der Waals surface area contributed by atoms with Gasteiger partial charge in [0.05, 0.1) is 11.0 Å². The number of imidazole rings is 1. The second kappa shape index (κ2) is 3.85. The summed E-state index contributed by atoms with van der Waals surface area (Å²) < 4.78 is 3.61. The first kappa shape index (κ1) is 11.3. The van der Waals surface area contributed by atoms with Crippen LogP contribution in [0.3, 0.4) is 0 Å². The summed E-state index contributed by atoms with van der Waals surface area (Å²) in [6.07, 6.45) is 0. The highest BCUT2D eigenvalue weighted by atomic mass is 35.5. The summed E-state index contributed by atoms with van der Waals surface area (Å²) in [6.45, 7) is 4.11. The fraction of sp³-hybridized carbons (Fsp3) is 0.231. The van der Waals surface area contributed by atoms with Crippen molar-refractivity contribution in [2.75, 3.05) is 0 Å². The molecule has 0 unspecified atom stereocenters. The molecule has 5 heteroatoms. The summed E-state index contributed by atoms with van der Waals surface area (Å²) in [5.74, 6) is 0.587. The first-order valence-electron chi connectivity index (χ1n) is 5.78. The van der Waals surface area contributed by atoms with Crippen molar-refractivity contribution in [3.8, 4) is 0 Å². The number of nitrogens with zero attached hydrogens (tertiary/aromatic N) is 3. The summed E-state index contributed by atoms with van der Waals surface area (Å²) in [5, 5.41) is 0.227. The van der Waals surface area contributed by atoms with Crippen molar-refractivity contribution in [1.29, 1.82) is 0 Å². The second-order valence-corrected chi connectivity index (χ2v) is 4.89. The monoisotopic (exact) mass is 261 g/mol. The van der Waals surface area contributed by atoms with Crippen LogP contribution in [0.4, 0.5) is 0 Å². The van der Waals surface area contributed by atoms with Crippen molar-refractivity contribution in [3.63, 3.8) is 0 Å². The number of hydrogen-bond donors (Lipinski definition) is 0. The van der Waals surface area contributed by atoms with Gasteiger partial charge < -0.3 is 4.57 Å². The molecule has 0 spiro atoms. The Morgan fingerprint density at radius 3 is 2.56 bits per heavy atom. The number of aromatic nitrogens is 3. The van der Waals surface area contributed by atoms with Crippen LogP contribution >= 0.6 is 11.6 Å². The van der Waals surface area contributed by atoms with Gasteiger partial charge in [-0.1, -0.05) is 23.7 Å². The lowest BCUT2D eigenvalue weighted by Crippen LogP contribution is -2.14. The summed E-state index contributed by atoms with van der Waals surface area (Å²) in [7, 11) is 0. The first-order valence-corrected chi connectivity index (χ1v) is 6.15. The zero-order valence-electron chi connectivity index (χ0n) is 10.1. The highest BCUT2D eigenvalue weighted by molar-refractivity contribution is 6.29. The van der Waals surface area contributed by atoms with Gasteiger partial charge in [-0.25, -0.2) is 9.38 Å². The molecule has 0 amide bonds. The van der Waals surface area contributed by atoms with Gasteiger partial charge in [-0.2, -0.15) is 0 Å². The lowest BCUT2D eigenvalue weighted by Gasteiger charge is -2.09. The fourth-order valence-electron chi connectivity index (χ4n) is 2.30. The molecule has 4 nitrogen and oxygen atoms in total. The predicted octanol–water partition coefficient (Wildman–Crippen LogP) is 2.88. The van der Waals surface area contributed by atoms with Crippen LogP contribution in [0.25, 0.3) is 16.8 Å². The Balaban J connectivity index is 2.67. The molecule has 18 heavy (non-hydrogen) atoms. The van der Waals surface area contributed by atoms with Crippen LogP contribution in [-0.4, -0.2) is 14.0 Å². The summed E-state index contributed by atoms with van der Waals surface area (Å²) in [4.78, 5) is 16.4. The molecule has 2 aromatic heterocycles. The Morgan fingerprint density at radius 1 is 1.22 bits per heavy atom. The minimum atomic E-state index is -0.152. The molecule has 1 aromatic carbocycles. The maximum Gasteiger partial charge on any atom is 0.261 e. The number of halogens is 1. The molecule has 0 aliphatic carbocycles. The normalized spacial score (nSPS) is 11.8. The van der Waals surface area contributed by atoms with Crippen molar-refractivity contribution >= 4 is 28.4 Å². The van der Waals surface area contributed by atoms with Crippen molar-refractivity contribution in [2.45, 2.75) is 19.9 Å². The smallest absolute Gasteiger partial charge is 0.261 e. The fourth-order valence-corrected chi connectivity index (χ4v) is 2.47. The van der Waals surface area contributed by atoms with Gasteiger partial charge in [0.2, 0.25) is 5.78 Å². The maximum absolute atomic E-state index is 12.1. The quantitative estimate of drug-likeness (QED) is 0.632. The molecule has 2 heterocycles. The van der Waals surface area contributed by atoms with E-state index in [1.54, 1.807) is 4.40 Å². The van der Waals surface area contributed by atoms with Crippen LogP contribution in [0.5, 0.6) is 0 Å². The average molecular weight is 262 g/mol. The zero-order chi connectivity index (χ0) is 12.9. The molecule has 0 N–H and O–H groups in total. The van der Waals surface area contributed by atoms with E-state index in [2.05, 4.69) is 18.8 Å². The van der Waals surface area contributed by atoms with Gasteiger partial charge in [0.15, 0.2) is 0 Å². The van der Waals surface area contributed by atoms with Gasteiger partial charge >= 0.3 is 0 Å². The Kier molecular flexibility index (Phi) is 2.41. The molecular weight excluding hydrogens is 250 g/mol. The Labute approximate surface area is 108 Å². The highest BCUT2D eigenvalue weighted by Crippen LogP contribution is 2.23. The highest BCUT2D eigenvalue weighted by Gasteiger charge is 2.15. The lowest BCUT2D eigenvalue weighted by molar-refractivity contribution is 0.630. The summed E-state index contributed by atoms with van der Waals surface area (Å²) in [5.41, 5.74) is 1.69. The number of benzene rings is 1. The standard InChI is InChI=1S/C13H12ClN3O/c1-8(2)16-9-5-3-4-6-10(9)17-12(18)7-11(14)15-13(16)17/h3-8H,1-2H3. The number of para-hydroxylation sites is 2. The van der Waals surface area contributed by atoms with Crippen LogP contribution in [0.15, 0.2) is 35.1 Å². The van der Waals surface area contributed by atoms with Gasteiger partial charge in [-0.3, -0.25) is 4.79 Å². The third kappa shape index (κ3) is 1.46. The maximum atomic E-state index is 12.1. The van der Waals surface area contributed by atoms with E-state index >= 15 is 0 Å². The van der Waals surface area contributed by atoms with Crippen LogP contribution in [0.2, 0.25) is 5.15 Å². The van der Waals surface area contributed by atoms with Crippen molar-refractivity contribution in [2.24, 2.45) is 0 Å². The summed E-state index contributed by atoms with van der Waals surface area (Å²) in [6, 6.07) is 9.30. The van der Waals surface area contributed by atoms with Crippen LogP contribution in [-0.2, 0) is 0 Å². The lowest BCUT2D eigenvalue weighted by atomic mass is 10.3. The van der Waals surface area contributed by atoms with Gasteiger partial charge in [-0.15, -0.1) is 0 Å². The minimum Gasteiger partial charge on any atom is -0.307 e. The second-order valence-electron chi connectivity index (χ2n) is 4.50. The van der Waals surface area contributed by atoms with Crippen molar-refractivity contribution in [1.82, 2.24) is 14.0 Å². The zero-order valence-corrected chi connectivity index (χ0v) is 10.8. The predicted molar refractivity (Wildman–Crippen MR) is 72.4 cm³/mol. The van der Waals surface area contributed by atoms with Crippen molar-refractivity contribution < 1.29 is 0 Å². The molecule has 3 aromatic rings. The van der Waals surface area contributed by atoms with E-state index in [1.807, 2.05) is 28.8 Å². The molecule has 0 saturated carbocycles. The van der Waals surface area contributed by atoms with E-state index in [9.17, 15) is 4.79 Å². The number of fused-ring (bicyclic) bond motifs is 3. The van der Waals surface area contributed by atoms with E-state index in [0.29, 0.717) is 5.78 Å². The first-order chi connectivity index (χ1) is 8.59. The molecule has 3 rings (SSSR count). The third-order valence-corrected chi connectivity index (χ3v) is 3.18. The van der Waals surface area contributed by atoms with E-state index in [4.69, 9.17) is 11.6 Å². The molecule has 0 aliphatic rings. The molecular formula is C13H12ClN3O. The largest absolute Gasteiger partial charge is 0.307 e. The Hall–Kier alpha value is -1.81. The van der Waals surface area contributed by atoms with Crippen LogP contribution < -0.4 is 5.56 Å². The molecule has 0 radical (unpaired) electrons. The molecule has 0 saturated heterocycles. The van der Waals surface area contributed by atoms with Crippen LogP contribution in [0, 0.1) is 0 Å². The van der Waals surface area contributed by atoms with Gasteiger partial charge in [0.25, 0.3) is 5.56 Å². The van der Waals surface area contributed by atoms with E-state index < -0.39 is 0 Å². The SMILES string of the molecule is CC(C)n1c2ccccc2n2c(=O)cc(Cl)nc12. The average Bonchev–Trinajstić information content (AvgIpc) is 2.62. The van der Waals surface area contributed by atoms with E-state index in [0.717, 1.165) is 11.0 Å².